The minimum Gasteiger partial charge on any atom is -0.495 e. The maximum atomic E-state index is 12.1. The molecular formula is C25H23ClN4O5. The monoisotopic (exact) mass is 494 g/mol. The summed E-state index contributed by atoms with van der Waals surface area (Å²) in [6, 6.07) is 18.7. The number of halogens is 1. The van der Waals surface area contributed by atoms with Crippen molar-refractivity contribution in [3.8, 4) is 11.5 Å². The summed E-state index contributed by atoms with van der Waals surface area (Å²) in [5, 5.41) is 9.38. The molecule has 0 atom stereocenters. The number of nitrogens with one attached hydrogen (secondary N) is 3. The molecule has 0 heterocycles. The lowest BCUT2D eigenvalue weighted by Gasteiger charge is -2.10. The Bertz CT molecular complexity index is 1240. The molecule has 0 aromatic heterocycles. The third kappa shape index (κ3) is 7.58. The minimum atomic E-state index is -0.936. The van der Waals surface area contributed by atoms with E-state index in [2.05, 4.69) is 21.2 Å². The number of hydrogen-bond donors (Lipinski definition) is 3. The molecule has 0 aliphatic rings. The first-order chi connectivity index (χ1) is 16.9. The zero-order valence-corrected chi connectivity index (χ0v) is 19.8. The summed E-state index contributed by atoms with van der Waals surface area (Å²) >= 11 is 6.01. The molecule has 0 saturated carbocycles. The van der Waals surface area contributed by atoms with Crippen molar-refractivity contribution < 1.29 is 23.9 Å². The summed E-state index contributed by atoms with van der Waals surface area (Å²) < 4.78 is 10.6. The van der Waals surface area contributed by atoms with E-state index in [1.165, 1.54) is 13.3 Å². The minimum absolute atomic E-state index is 0.199. The Balaban J connectivity index is 1.46. The SMILES string of the molecule is COc1ccc(C)cc1NC(=O)C(=O)N/N=C\c1ccc(OCC(=O)Nc2ccccc2Cl)cc1. The van der Waals surface area contributed by atoms with E-state index in [0.29, 0.717) is 33.5 Å². The average Bonchev–Trinajstić information content (AvgIpc) is 2.85. The summed E-state index contributed by atoms with van der Waals surface area (Å²) in [5.41, 5.74) is 4.59. The fraction of sp³-hybridized carbons (Fsp3) is 0.120. The van der Waals surface area contributed by atoms with Gasteiger partial charge in [0.2, 0.25) is 0 Å². The van der Waals surface area contributed by atoms with E-state index in [4.69, 9.17) is 21.1 Å². The number of aryl methyl sites for hydroxylation is 1. The van der Waals surface area contributed by atoms with Crippen molar-refractivity contribution >= 4 is 46.9 Å². The van der Waals surface area contributed by atoms with Crippen molar-refractivity contribution in [1.82, 2.24) is 5.43 Å². The number of carbonyl (C=O) groups excluding carboxylic acids is 3. The Hall–Kier alpha value is -4.37. The number of methoxy groups -OCH3 is 1. The Morgan fingerprint density at radius 1 is 0.943 bits per heavy atom. The molecule has 0 unspecified atom stereocenters. The van der Waals surface area contributed by atoms with Crippen LogP contribution in [-0.4, -0.2) is 37.7 Å². The predicted molar refractivity (Wildman–Crippen MR) is 134 cm³/mol. The third-order valence-corrected chi connectivity index (χ3v) is 4.92. The Morgan fingerprint density at radius 3 is 2.40 bits per heavy atom. The second kappa shape index (κ2) is 12.2. The van der Waals surface area contributed by atoms with Gasteiger partial charge in [-0.15, -0.1) is 0 Å². The van der Waals surface area contributed by atoms with Gasteiger partial charge in [-0.3, -0.25) is 14.4 Å². The summed E-state index contributed by atoms with van der Waals surface area (Å²) in [6.45, 7) is 1.65. The van der Waals surface area contributed by atoms with Gasteiger partial charge in [0, 0.05) is 0 Å². The van der Waals surface area contributed by atoms with E-state index in [1.54, 1.807) is 60.7 Å². The van der Waals surface area contributed by atoms with Gasteiger partial charge in [0.15, 0.2) is 6.61 Å². The van der Waals surface area contributed by atoms with Gasteiger partial charge in [-0.25, -0.2) is 5.43 Å². The van der Waals surface area contributed by atoms with Gasteiger partial charge < -0.3 is 20.1 Å². The number of amides is 3. The fourth-order valence-corrected chi connectivity index (χ4v) is 3.05. The largest absolute Gasteiger partial charge is 0.495 e. The van der Waals surface area contributed by atoms with Crippen LogP contribution in [0.3, 0.4) is 0 Å². The van der Waals surface area contributed by atoms with Crippen molar-refractivity contribution in [3.05, 3.63) is 82.9 Å². The van der Waals surface area contributed by atoms with Crippen molar-refractivity contribution in [2.75, 3.05) is 24.4 Å². The van der Waals surface area contributed by atoms with E-state index in [1.807, 2.05) is 13.0 Å². The molecule has 3 aromatic carbocycles. The highest BCUT2D eigenvalue weighted by Gasteiger charge is 2.15. The predicted octanol–water partition coefficient (Wildman–Crippen LogP) is 3.76. The molecule has 3 rings (SSSR count). The molecule has 0 aliphatic heterocycles. The Kier molecular flexibility index (Phi) is 8.80. The molecule has 35 heavy (non-hydrogen) atoms. The summed E-state index contributed by atoms with van der Waals surface area (Å²) in [5.74, 6) is -1.27. The van der Waals surface area contributed by atoms with Crippen molar-refractivity contribution in [3.63, 3.8) is 0 Å². The number of benzene rings is 3. The van der Waals surface area contributed by atoms with Crippen LogP contribution in [0.25, 0.3) is 0 Å². The van der Waals surface area contributed by atoms with Gasteiger partial charge in [0.25, 0.3) is 5.91 Å². The molecule has 0 radical (unpaired) electrons. The topological polar surface area (TPSA) is 118 Å². The van der Waals surface area contributed by atoms with Crippen LogP contribution in [-0.2, 0) is 14.4 Å². The normalized spacial score (nSPS) is 10.5. The molecule has 180 valence electrons. The lowest BCUT2D eigenvalue weighted by atomic mass is 10.2. The first kappa shape index (κ1) is 25.3. The number of para-hydroxylation sites is 1. The number of nitrogens with zero attached hydrogens (tertiary/aromatic N) is 1. The lowest BCUT2D eigenvalue weighted by molar-refractivity contribution is -0.136. The van der Waals surface area contributed by atoms with E-state index in [-0.39, 0.29) is 12.5 Å². The molecular weight excluding hydrogens is 472 g/mol. The molecule has 10 heteroatoms. The number of carbonyl (C=O) groups is 3. The zero-order chi connectivity index (χ0) is 25.2. The van der Waals surface area contributed by atoms with Crippen LogP contribution < -0.4 is 25.5 Å². The number of rotatable bonds is 8. The van der Waals surface area contributed by atoms with Crippen molar-refractivity contribution in [1.29, 1.82) is 0 Å². The standard InChI is InChI=1S/C25H23ClN4O5/c1-16-7-12-22(34-2)21(13-16)29-24(32)25(33)30-27-14-17-8-10-18(11-9-17)35-15-23(31)28-20-6-4-3-5-19(20)26/h3-14H,15H2,1-2H3,(H,28,31)(H,29,32)(H,30,33)/b27-14-. The highest BCUT2D eigenvalue weighted by Crippen LogP contribution is 2.25. The summed E-state index contributed by atoms with van der Waals surface area (Å²) in [6.07, 6.45) is 1.37. The van der Waals surface area contributed by atoms with Crippen LogP contribution in [0.4, 0.5) is 11.4 Å². The van der Waals surface area contributed by atoms with Gasteiger partial charge in [-0.2, -0.15) is 5.10 Å². The first-order valence-electron chi connectivity index (χ1n) is 10.4. The molecule has 3 amide bonds. The molecule has 0 bridgehead atoms. The zero-order valence-electron chi connectivity index (χ0n) is 19.0. The Labute approximate surface area is 207 Å². The first-order valence-corrected chi connectivity index (χ1v) is 10.8. The molecule has 3 N–H and O–H groups in total. The molecule has 3 aromatic rings. The maximum absolute atomic E-state index is 12.1. The van der Waals surface area contributed by atoms with E-state index >= 15 is 0 Å². The Morgan fingerprint density at radius 2 is 1.69 bits per heavy atom. The van der Waals surface area contributed by atoms with E-state index in [9.17, 15) is 14.4 Å². The maximum Gasteiger partial charge on any atom is 0.329 e. The van der Waals surface area contributed by atoms with Gasteiger partial charge in [-0.05, 0) is 66.6 Å². The van der Waals surface area contributed by atoms with Gasteiger partial charge in [0.1, 0.15) is 11.5 Å². The van der Waals surface area contributed by atoms with Crippen LogP contribution in [0.15, 0.2) is 71.8 Å². The fourth-order valence-electron chi connectivity index (χ4n) is 2.86. The second-order valence-corrected chi connectivity index (χ2v) is 7.65. The smallest absolute Gasteiger partial charge is 0.329 e. The van der Waals surface area contributed by atoms with Crippen LogP contribution in [0.2, 0.25) is 5.02 Å². The lowest BCUT2D eigenvalue weighted by Crippen LogP contribution is -2.32. The molecule has 0 spiro atoms. The van der Waals surface area contributed by atoms with Crippen LogP contribution in [0.1, 0.15) is 11.1 Å². The van der Waals surface area contributed by atoms with E-state index in [0.717, 1.165) is 5.56 Å². The molecule has 9 nitrogen and oxygen atoms in total. The van der Waals surface area contributed by atoms with Gasteiger partial charge >= 0.3 is 11.8 Å². The van der Waals surface area contributed by atoms with Crippen LogP contribution in [0.5, 0.6) is 11.5 Å². The molecule has 0 saturated heterocycles. The van der Waals surface area contributed by atoms with Crippen LogP contribution >= 0.6 is 11.6 Å². The van der Waals surface area contributed by atoms with Crippen molar-refractivity contribution in [2.24, 2.45) is 5.10 Å². The molecule has 0 fully saturated rings. The third-order valence-electron chi connectivity index (χ3n) is 4.59. The second-order valence-electron chi connectivity index (χ2n) is 7.24. The summed E-state index contributed by atoms with van der Waals surface area (Å²) in [7, 11) is 1.47. The summed E-state index contributed by atoms with van der Waals surface area (Å²) in [4.78, 5) is 36.2. The number of anilines is 2. The number of ether oxygens (including phenoxy) is 2. The van der Waals surface area contributed by atoms with Gasteiger partial charge in [0.05, 0.1) is 29.7 Å². The number of hydrazone groups is 1. The highest BCUT2D eigenvalue weighted by molar-refractivity contribution is 6.39. The van der Waals surface area contributed by atoms with Crippen LogP contribution in [0, 0.1) is 6.92 Å². The molecule has 0 aliphatic carbocycles. The van der Waals surface area contributed by atoms with Crippen molar-refractivity contribution in [2.45, 2.75) is 6.92 Å². The van der Waals surface area contributed by atoms with Gasteiger partial charge in [-0.1, -0.05) is 29.8 Å². The number of hydrogen-bond acceptors (Lipinski definition) is 6. The quantitative estimate of drug-likeness (QED) is 0.250. The highest BCUT2D eigenvalue weighted by atomic mass is 35.5. The average molecular weight is 495 g/mol. The van der Waals surface area contributed by atoms with E-state index < -0.39 is 11.8 Å².